The van der Waals surface area contributed by atoms with Crippen LogP contribution in [0, 0.1) is 13.8 Å². The second kappa shape index (κ2) is 21.6. The number of azo groups is 2. The topological polar surface area (TPSA) is 201 Å². The van der Waals surface area contributed by atoms with Gasteiger partial charge in [0.2, 0.25) is 0 Å². The van der Waals surface area contributed by atoms with Crippen molar-refractivity contribution in [2.24, 2.45) is 20.5 Å². The van der Waals surface area contributed by atoms with E-state index in [4.69, 9.17) is 55.9 Å². The summed E-state index contributed by atoms with van der Waals surface area (Å²) >= 11 is 24.6. The molecule has 0 spiro atoms. The van der Waals surface area contributed by atoms with E-state index in [1.807, 2.05) is 0 Å². The minimum Gasteiger partial charge on any atom is -0.505 e. The van der Waals surface area contributed by atoms with Gasteiger partial charge < -0.3 is 30.3 Å². The third kappa shape index (κ3) is 11.0. The van der Waals surface area contributed by atoms with Crippen LogP contribution < -0.4 is 20.1 Å². The lowest BCUT2D eigenvalue weighted by atomic mass is 10.0. The number of hydrogen-bond acceptors (Lipinski definition) is 12. The third-order valence-electron chi connectivity index (χ3n) is 11.2. The Morgan fingerprint density at radius 1 is 0.459 bits per heavy atom. The van der Waals surface area contributed by atoms with Crippen LogP contribution in [0.1, 0.15) is 52.6 Å². The summed E-state index contributed by atoms with van der Waals surface area (Å²) < 4.78 is 11.0. The third-order valence-corrected chi connectivity index (χ3v) is 12.8. The van der Waals surface area contributed by atoms with Crippen molar-refractivity contribution in [3.05, 3.63) is 211 Å². The van der Waals surface area contributed by atoms with E-state index in [1.165, 1.54) is 36.4 Å². The molecule has 0 atom stereocenters. The Morgan fingerprint density at radius 2 is 0.851 bits per heavy atom. The molecule has 9 aromatic rings. The van der Waals surface area contributed by atoms with Crippen molar-refractivity contribution >= 4 is 126 Å². The predicted octanol–water partition coefficient (Wildman–Crippen LogP) is 16.4. The van der Waals surface area contributed by atoms with E-state index in [2.05, 4.69) is 31.1 Å². The molecule has 0 bridgehead atoms. The number of anilines is 2. The van der Waals surface area contributed by atoms with E-state index in [9.17, 15) is 29.4 Å². The molecule has 14 nitrogen and oxygen atoms in total. The van der Waals surface area contributed by atoms with Crippen LogP contribution in [-0.4, -0.2) is 34.0 Å². The summed E-state index contributed by atoms with van der Waals surface area (Å²) in [6.45, 7) is 3.52. The molecule has 0 fully saturated rings. The molecule has 74 heavy (non-hydrogen) atoms. The maximum absolute atomic E-state index is 13.8. The fourth-order valence-electron chi connectivity index (χ4n) is 7.75. The van der Waals surface area contributed by atoms with E-state index in [-0.39, 0.29) is 76.6 Å². The molecule has 0 saturated heterocycles. The number of carbonyl (C=O) groups is 4. The van der Waals surface area contributed by atoms with Gasteiger partial charge in [0, 0.05) is 22.1 Å². The monoisotopic (exact) mass is 1060 g/mol. The van der Waals surface area contributed by atoms with E-state index in [1.54, 1.807) is 135 Å². The molecular weight excluding hydrogens is 1030 g/mol. The van der Waals surface area contributed by atoms with Gasteiger partial charge >= 0.3 is 11.9 Å². The van der Waals surface area contributed by atoms with E-state index < -0.39 is 35.3 Å². The molecular formula is C56H36Cl4N6O8. The van der Waals surface area contributed by atoms with Gasteiger partial charge in [-0.1, -0.05) is 107 Å². The Balaban J connectivity index is 0.913. The van der Waals surface area contributed by atoms with Crippen LogP contribution in [0.5, 0.6) is 23.0 Å². The number of phenols is 2. The molecule has 0 saturated carbocycles. The van der Waals surface area contributed by atoms with Gasteiger partial charge in [-0.2, -0.15) is 10.2 Å². The molecule has 0 unspecified atom stereocenters. The minimum atomic E-state index is -0.712. The number of aromatic hydroxyl groups is 2. The highest BCUT2D eigenvalue weighted by Gasteiger charge is 2.22. The number of hydrogen-bond donors (Lipinski definition) is 4. The number of nitrogens with zero attached hydrogens (tertiary/aromatic N) is 4. The van der Waals surface area contributed by atoms with Crippen molar-refractivity contribution in [1.82, 2.24) is 0 Å². The summed E-state index contributed by atoms with van der Waals surface area (Å²) in [5, 5.41) is 48.9. The van der Waals surface area contributed by atoms with E-state index >= 15 is 0 Å². The van der Waals surface area contributed by atoms with Crippen LogP contribution in [0.25, 0.3) is 21.5 Å². The first-order chi connectivity index (χ1) is 35.6. The summed E-state index contributed by atoms with van der Waals surface area (Å²) in [6.07, 6.45) is 0. The SMILES string of the molecule is Cc1cc(N=Nc2c(O)c(C(=O)Nc3ccc(NC(=O)c4cc5ccccc5c(N=Nc5cc(C)cc(C(=O)Oc6cccc(Cl)c6Cl)c5)c4O)cc3)cc3ccccc23)cc(C(=O)Oc2cccc(Cl)c2Cl)c1. The molecule has 9 rings (SSSR count). The number of aryl methyl sites for hydroxylation is 2. The first-order valence-corrected chi connectivity index (χ1v) is 23.7. The van der Waals surface area contributed by atoms with Crippen LogP contribution in [0.15, 0.2) is 178 Å². The van der Waals surface area contributed by atoms with E-state index in [0.717, 1.165) is 0 Å². The second-order valence-corrected chi connectivity index (χ2v) is 18.1. The molecule has 366 valence electrons. The van der Waals surface area contributed by atoms with Crippen molar-refractivity contribution in [3.63, 3.8) is 0 Å². The number of nitrogens with one attached hydrogen (secondary N) is 2. The minimum absolute atomic E-state index is 0.00662. The van der Waals surface area contributed by atoms with Crippen LogP contribution in [0.4, 0.5) is 34.1 Å². The van der Waals surface area contributed by atoms with Gasteiger partial charge in [0.1, 0.15) is 21.4 Å². The maximum atomic E-state index is 13.8. The van der Waals surface area contributed by atoms with Gasteiger partial charge in [0.25, 0.3) is 11.8 Å². The summed E-state index contributed by atoms with van der Waals surface area (Å²) in [7, 11) is 0. The molecule has 0 aliphatic heterocycles. The molecule has 0 radical (unpaired) electrons. The number of esters is 2. The van der Waals surface area contributed by atoms with Gasteiger partial charge in [-0.3, -0.25) is 9.59 Å². The van der Waals surface area contributed by atoms with Gasteiger partial charge in [-0.15, -0.1) is 10.2 Å². The summed E-state index contributed by atoms with van der Waals surface area (Å²) in [5.74, 6) is -3.50. The average Bonchev–Trinajstić information content (AvgIpc) is 3.38. The molecule has 4 N–H and O–H groups in total. The highest BCUT2D eigenvalue weighted by atomic mass is 35.5. The van der Waals surface area contributed by atoms with Gasteiger partial charge in [-0.05, 0) is 133 Å². The van der Waals surface area contributed by atoms with Crippen LogP contribution in [-0.2, 0) is 0 Å². The Labute approximate surface area is 441 Å². The lowest BCUT2D eigenvalue weighted by Gasteiger charge is -2.13. The van der Waals surface area contributed by atoms with Crippen LogP contribution in [0.3, 0.4) is 0 Å². The maximum Gasteiger partial charge on any atom is 0.343 e. The average molecular weight is 1060 g/mol. The molecule has 18 heteroatoms. The number of phenolic OH excluding ortho intramolecular Hbond substituents is 2. The highest BCUT2D eigenvalue weighted by molar-refractivity contribution is 6.43. The Kier molecular flexibility index (Phi) is 14.7. The van der Waals surface area contributed by atoms with Gasteiger partial charge in [-0.25, -0.2) is 9.59 Å². The smallest absolute Gasteiger partial charge is 0.343 e. The number of halogens is 4. The predicted molar refractivity (Wildman–Crippen MR) is 287 cm³/mol. The molecule has 0 aliphatic rings. The molecule has 9 aromatic carbocycles. The number of ether oxygens (including phenoxy) is 2. The first-order valence-electron chi connectivity index (χ1n) is 22.2. The molecule has 0 aliphatic carbocycles. The zero-order valence-electron chi connectivity index (χ0n) is 38.7. The van der Waals surface area contributed by atoms with Gasteiger partial charge in [0.15, 0.2) is 23.0 Å². The van der Waals surface area contributed by atoms with Crippen molar-refractivity contribution in [1.29, 1.82) is 0 Å². The second-order valence-electron chi connectivity index (χ2n) is 16.6. The Morgan fingerprint density at radius 3 is 1.26 bits per heavy atom. The highest BCUT2D eigenvalue weighted by Crippen LogP contribution is 2.42. The molecule has 0 heterocycles. The number of rotatable bonds is 12. The van der Waals surface area contributed by atoms with E-state index in [0.29, 0.717) is 44.0 Å². The van der Waals surface area contributed by atoms with Crippen LogP contribution >= 0.6 is 46.4 Å². The zero-order chi connectivity index (χ0) is 52.2. The normalized spacial score (nSPS) is 11.3. The fourth-order valence-corrected chi connectivity index (χ4v) is 8.41. The zero-order valence-corrected chi connectivity index (χ0v) is 41.7. The van der Waals surface area contributed by atoms with Crippen molar-refractivity contribution in [2.75, 3.05) is 10.6 Å². The molecule has 0 aromatic heterocycles. The fraction of sp³-hybridized carbons (Fsp3) is 0.0357. The number of carbonyl (C=O) groups excluding carboxylic acids is 4. The summed E-state index contributed by atoms with van der Waals surface area (Å²) in [4.78, 5) is 53.9. The van der Waals surface area contributed by atoms with Crippen molar-refractivity contribution in [3.8, 4) is 23.0 Å². The summed E-state index contributed by atoms with van der Waals surface area (Å²) in [5.41, 5.74) is 2.60. The van der Waals surface area contributed by atoms with Crippen molar-refractivity contribution < 1.29 is 38.9 Å². The quantitative estimate of drug-likeness (QED) is 0.0526. The number of amides is 2. The Hall–Kier alpha value is -8.66. The lowest BCUT2D eigenvalue weighted by Crippen LogP contribution is -2.13. The molecule has 2 amide bonds. The summed E-state index contributed by atoms with van der Waals surface area (Å²) in [6, 6.07) is 42.1. The largest absolute Gasteiger partial charge is 0.505 e. The number of fused-ring (bicyclic) bond motifs is 2. The Bertz CT molecular complexity index is 3580. The van der Waals surface area contributed by atoms with Gasteiger partial charge in [0.05, 0.1) is 43.7 Å². The van der Waals surface area contributed by atoms with Crippen LogP contribution in [0.2, 0.25) is 20.1 Å². The lowest BCUT2D eigenvalue weighted by molar-refractivity contribution is 0.0725. The van der Waals surface area contributed by atoms with Crippen molar-refractivity contribution in [2.45, 2.75) is 13.8 Å². The first kappa shape index (κ1) is 50.3. The number of benzene rings is 9. The standard InChI is InChI=1S/C56H36Cl4N6O8/c1-29-21-33(55(71)73-45-15-7-13-43(57)47(45)59)25-37(23-29)63-65-49-39-11-5-3-9-31(39)27-41(51(49)67)53(69)61-35-17-19-36(20-18-35)62-54(70)42-28-32-10-4-6-12-40(32)50(52(42)68)66-64-38-24-30(2)22-34(26-38)56(72)74-46-16-8-14-44(58)48(46)60/h3-28,67-68H,1-2H3,(H,61,69)(H,62,70).